The average Bonchev–Trinajstić information content (AvgIpc) is 3.40. The molecule has 2 amide bonds. The zero-order chi connectivity index (χ0) is 26.7. The molecule has 0 bridgehead atoms. The van der Waals surface area contributed by atoms with E-state index < -0.39 is 10.0 Å². The molecule has 2 aromatic rings. The topological polar surface area (TPSA) is 109 Å². The first-order chi connectivity index (χ1) is 18.3. The largest absolute Gasteiger partial charge is 0.454 e. The second-order valence-electron chi connectivity index (χ2n) is 9.57. The Morgan fingerprint density at radius 1 is 0.868 bits per heavy atom. The number of rotatable bonds is 7. The molecule has 0 atom stereocenters. The van der Waals surface area contributed by atoms with Gasteiger partial charge < -0.3 is 24.0 Å². The number of morpholine rings is 1. The van der Waals surface area contributed by atoms with Crippen molar-refractivity contribution in [3.05, 3.63) is 53.6 Å². The highest BCUT2D eigenvalue weighted by atomic mass is 32.2. The number of carbonyl (C=O) groups is 2. The highest BCUT2D eigenvalue weighted by Gasteiger charge is 2.27. The number of amides is 2. The second-order valence-corrected chi connectivity index (χ2v) is 11.5. The highest BCUT2D eigenvalue weighted by Crippen LogP contribution is 2.33. The molecule has 2 aromatic carbocycles. The van der Waals surface area contributed by atoms with Gasteiger partial charge in [0.25, 0.3) is 5.91 Å². The Labute approximate surface area is 222 Å². The van der Waals surface area contributed by atoms with Gasteiger partial charge in [0.15, 0.2) is 11.5 Å². The molecule has 0 radical (unpaired) electrons. The van der Waals surface area contributed by atoms with Gasteiger partial charge in [-0.15, -0.1) is 0 Å². The van der Waals surface area contributed by atoms with Crippen LogP contribution < -0.4 is 13.8 Å². The molecule has 0 spiro atoms. The normalized spacial score (nSPS) is 17.9. The van der Waals surface area contributed by atoms with Gasteiger partial charge in [-0.05, 0) is 42.0 Å². The van der Waals surface area contributed by atoms with Gasteiger partial charge in [0.1, 0.15) is 6.54 Å². The number of hydrogen-bond acceptors (Lipinski definition) is 8. The zero-order valence-electron chi connectivity index (χ0n) is 21.4. The van der Waals surface area contributed by atoms with E-state index in [1.54, 1.807) is 34.1 Å². The molecule has 0 unspecified atom stereocenters. The maximum atomic E-state index is 13.1. The molecule has 2 saturated heterocycles. The van der Waals surface area contributed by atoms with Crippen molar-refractivity contribution in [2.24, 2.45) is 0 Å². The lowest BCUT2D eigenvalue weighted by molar-refractivity contribution is -0.131. The van der Waals surface area contributed by atoms with Crippen molar-refractivity contribution in [2.45, 2.75) is 6.54 Å². The first-order valence-corrected chi connectivity index (χ1v) is 14.5. The van der Waals surface area contributed by atoms with E-state index >= 15 is 0 Å². The van der Waals surface area contributed by atoms with E-state index in [-0.39, 0.29) is 25.2 Å². The molecule has 204 valence electrons. The summed E-state index contributed by atoms with van der Waals surface area (Å²) in [5.41, 5.74) is 1.92. The van der Waals surface area contributed by atoms with Crippen LogP contribution in [0.4, 0.5) is 5.69 Å². The fourth-order valence-electron chi connectivity index (χ4n) is 4.80. The van der Waals surface area contributed by atoms with Gasteiger partial charge in [-0.3, -0.25) is 18.8 Å². The molecule has 38 heavy (non-hydrogen) atoms. The Balaban J connectivity index is 1.17. The third kappa shape index (κ3) is 6.03. The number of carbonyl (C=O) groups excluding carboxylic acids is 2. The Bertz CT molecular complexity index is 1270. The van der Waals surface area contributed by atoms with Crippen LogP contribution in [-0.2, 0) is 26.1 Å². The quantitative estimate of drug-likeness (QED) is 0.508. The second kappa shape index (κ2) is 11.2. The first kappa shape index (κ1) is 26.3. The zero-order valence-corrected chi connectivity index (χ0v) is 22.2. The van der Waals surface area contributed by atoms with Crippen molar-refractivity contribution in [3.8, 4) is 11.5 Å². The molecular formula is C26H32N4O7S. The number of sulfonamides is 1. The Morgan fingerprint density at radius 3 is 2.24 bits per heavy atom. The van der Waals surface area contributed by atoms with Gasteiger partial charge in [0, 0.05) is 51.4 Å². The molecule has 0 aromatic heterocycles. The molecule has 0 saturated carbocycles. The van der Waals surface area contributed by atoms with Crippen molar-refractivity contribution in [2.75, 3.05) is 76.4 Å². The van der Waals surface area contributed by atoms with Crippen LogP contribution in [-0.4, -0.2) is 107 Å². The summed E-state index contributed by atoms with van der Waals surface area (Å²) >= 11 is 0. The molecule has 5 rings (SSSR count). The molecular weight excluding hydrogens is 512 g/mol. The average molecular weight is 545 g/mol. The number of piperazine rings is 1. The van der Waals surface area contributed by atoms with E-state index in [9.17, 15) is 18.0 Å². The monoisotopic (exact) mass is 544 g/mol. The summed E-state index contributed by atoms with van der Waals surface area (Å²) in [6.07, 6.45) is 1.08. The summed E-state index contributed by atoms with van der Waals surface area (Å²) in [6.45, 7) is 5.09. The van der Waals surface area contributed by atoms with Crippen LogP contribution in [0.3, 0.4) is 0 Å². The number of anilines is 1. The lowest BCUT2D eigenvalue weighted by Crippen LogP contribution is -2.51. The fourth-order valence-corrected chi connectivity index (χ4v) is 5.64. The predicted octanol–water partition coefficient (Wildman–Crippen LogP) is 0.998. The van der Waals surface area contributed by atoms with E-state index in [0.717, 1.165) is 34.2 Å². The van der Waals surface area contributed by atoms with E-state index in [4.69, 9.17) is 14.2 Å². The molecule has 0 N–H and O–H groups in total. The van der Waals surface area contributed by atoms with Crippen molar-refractivity contribution in [1.82, 2.24) is 14.7 Å². The van der Waals surface area contributed by atoms with Crippen molar-refractivity contribution >= 4 is 27.5 Å². The minimum absolute atomic E-state index is 0.125. The minimum atomic E-state index is -3.72. The third-order valence-electron chi connectivity index (χ3n) is 6.95. The van der Waals surface area contributed by atoms with Gasteiger partial charge in [0.2, 0.25) is 22.7 Å². The van der Waals surface area contributed by atoms with Gasteiger partial charge >= 0.3 is 0 Å². The molecule has 3 aliphatic heterocycles. The summed E-state index contributed by atoms with van der Waals surface area (Å²) in [5.74, 6) is 1.11. The van der Waals surface area contributed by atoms with Crippen LogP contribution in [0.5, 0.6) is 11.5 Å². The van der Waals surface area contributed by atoms with E-state index in [2.05, 4.69) is 4.90 Å². The summed E-state index contributed by atoms with van der Waals surface area (Å²) in [4.78, 5) is 31.5. The van der Waals surface area contributed by atoms with E-state index in [0.29, 0.717) is 63.7 Å². The van der Waals surface area contributed by atoms with Crippen LogP contribution in [0.25, 0.3) is 0 Å². The van der Waals surface area contributed by atoms with Gasteiger partial charge in [-0.2, -0.15) is 0 Å². The predicted molar refractivity (Wildman–Crippen MR) is 140 cm³/mol. The van der Waals surface area contributed by atoms with E-state index in [1.807, 2.05) is 18.2 Å². The Morgan fingerprint density at radius 2 is 1.55 bits per heavy atom. The SMILES string of the molecule is CS(=O)(=O)N(CC(=O)N1CCN(Cc2ccc3c(c2)OCO3)CC1)c1ccc(C(=O)N2CCOCC2)cc1. The number of hydrogen-bond donors (Lipinski definition) is 0. The smallest absolute Gasteiger partial charge is 0.254 e. The number of benzene rings is 2. The van der Waals surface area contributed by atoms with Crippen LogP contribution >= 0.6 is 0 Å². The Kier molecular flexibility index (Phi) is 7.73. The number of fused-ring (bicyclic) bond motifs is 1. The van der Waals surface area contributed by atoms with Crippen LogP contribution in [0, 0.1) is 0 Å². The molecule has 2 fully saturated rings. The number of ether oxygens (including phenoxy) is 3. The Hall–Kier alpha value is -3.35. The standard InChI is InChI=1S/C26H32N4O7S/c1-38(33,34)30(22-5-3-21(4-6-22)26(32)29-12-14-35-15-13-29)18-25(31)28-10-8-27(9-11-28)17-20-2-7-23-24(16-20)37-19-36-23/h2-7,16H,8-15,17-19H2,1H3. The molecule has 0 aliphatic carbocycles. The maximum Gasteiger partial charge on any atom is 0.254 e. The first-order valence-electron chi connectivity index (χ1n) is 12.6. The fraction of sp³-hybridized carbons (Fsp3) is 0.462. The highest BCUT2D eigenvalue weighted by molar-refractivity contribution is 7.92. The summed E-state index contributed by atoms with van der Waals surface area (Å²) in [7, 11) is -3.72. The van der Waals surface area contributed by atoms with Crippen LogP contribution in [0.15, 0.2) is 42.5 Å². The lowest BCUT2D eigenvalue weighted by Gasteiger charge is -2.36. The summed E-state index contributed by atoms with van der Waals surface area (Å²) in [6, 6.07) is 12.2. The molecule has 12 heteroatoms. The third-order valence-corrected chi connectivity index (χ3v) is 8.09. The summed E-state index contributed by atoms with van der Waals surface area (Å²) in [5, 5.41) is 0. The molecule has 3 heterocycles. The number of nitrogens with zero attached hydrogens (tertiary/aromatic N) is 4. The maximum absolute atomic E-state index is 13.1. The van der Waals surface area contributed by atoms with Crippen molar-refractivity contribution in [1.29, 1.82) is 0 Å². The van der Waals surface area contributed by atoms with Crippen molar-refractivity contribution in [3.63, 3.8) is 0 Å². The van der Waals surface area contributed by atoms with Gasteiger partial charge in [-0.1, -0.05) is 6.07 Å². The van der Waals surface area contributed by atoms with Crippen molar-refractivity contribution < 1.29 is 32.2 Å². The molecule has 3 aliphatic rings. The minimum Gasteiger partial charge on any atom is -0.454 e. The molecule has 11 nitrogen and oxygen atoms in total. The van der Waals surface area contributed by atoms with Crippen LogP contribution in [0.1, 0.15) is 15.9 Å². The van der Waals surface area contributed by atoms with Gasteiger partial charge in [-0.25, -0.2) is 8.42 Å². The summed E-state index contributed by atoms with van der Waals surface area (Å²) < 4.78 is 42.4. The van der Waals surface area contributed by atoms with Crippen LogP contribution in [0.2, 0.25) is 0 Å². The lowest BCUT2D eigenvalue weighted by atomic mass is 10.1. The van der Waals surface area contributed by atoms with Gasteiger partial charge in [0.05, 0.1) is 25.2 Å². The van der Waals surface area contributed by atoms with E-state index in [1.165, 1.54) is 0 Å².